The van der Waals surface area contributed by atoms with Crippen LogP contribution in [-0.4, -0.2) is 74.2 Å². The summed E-state index contributed by atoms with van der Waals surface area (Å²) in [5.41, 5.74) is 12.1. The normalized spacial score (nSPS) is 24.1. The Hall–Kier alpha value is -2.16. The van der Waals surface area contributed by atoms with Gasteiger partial charge in [0.1, 0.15) is 0 Å². The first kappa shape index (κ1) is 29.9. The standard InChI is InChI=1S/C30H34N4O4S4/c31-17-25-15-27(19-33(25)41(35,36)29-11-9-21-5-1-3-7-23(21)13-29)39-40-28-16-26(18-32)34(20-28)42(37,38)30-12-10-22-6-2-4-8-24(22)14-30/h1-14,25-28H,15-20,31-32H2/t25-,26-,27+,28+/m0/s1. The number of nitrogens with two attached hydrogens (primary N) is 2. The number of benzene rings is 4. The van der Waals surface area contributed by atoms with Crippen LogP contribution in [0.1, 0.15) is 12.8 Å². The Bertz CT molecular complexity index is 1690. The molecule has 2 heterocycles. The Morgan fingerprint density at radius 1 is 0.595 bits per heavy atom. The van der Waals surface area contributed by atoms with Crippen LogP contribution in [0.3, 0.4) is 0 Å². The van der Waals surface area contributed by atoms with Crippen molar-refractivity contribution in [3.05, 3.63) is 84.9 Å². The van der Waals surface area contributed by atoms with Crippen molar-refractivity contribution in [1.82, 2.24) is 8.61 Å². The summed E-state index contributed by atoms with van der Waals surface area (Å²) < 4.78 is 57.8. The molecule has 2 fully saturated rings. The Morgan fingerprint density at radius 3 is 1.36 bits per heavy atom. The van der Waals surface area contributed by atoms with E-state index < -0.39 is 20.0 Å². The Labute approximate surface area is 255 Å². The highest BCUT2D eigenvalue weighted by Crippen LogP contribution is 2.43. The molecular formula is C30H34N4O4S4. The zero-order valence-electron chi connectivity index (χ0n) is 23.0. The van der Waals surface area contributed by atoms with Crippen molar-refractivity contribution >= 4 is 63.2 Å². The highest BCUT2D eigenvalue weighted by molar-refractivity contribution is 8.77. The van der Waals surface area contributed by atoms with E-state index in [4.69, 9.17) is 11.5 Å². The minimum absolute atomic E-state index is 0.0428. The Balaban J connectivity index is 1.13. The monoisotopic (exact) mass is 642 g/mol. The van der Waals surface area contributed by atoms with Crippen LogP contribution in [0.5, 0.6) is 0 Å². The summed E-state index contributed by atoms with van der Waals surface area (Å²) in [5.74, 6) is 0. The molecule has 222 valence electrons. The van der Waals surface area contributed by atoms with Crippen molar-refractivity contribution in [2.75, 3.05) is 26.2 Å². The second-order valence-electron chi connectivity index (χ2n) is 10.9. The average Bonchev–Trinajstić information content (AvgIpc) is 3.64. The van der Waals surface area contributed by atoms with Gasteiger partial charge in [0.05, 0.1) is 9.79 Å². The highest BCUT2D eigenvalue weighted by Gasteiger charge is 2.43. The highest BCUT2D eigenvalue weighted by atomic mass is 33.1. The molecule has 0 saturated carbocycles. The van der Waals surface area contributed by atoms with E-state index in [-0.39, 0.29) is 45.5 Å². The largest absolute Gasteiger partial charge is 0.329 e. The van der Waals surface area contributed by atoms with Crippen LogP contribution in [-0.2, 0) is 20.0 Å². The molecule has 0 spiro atoms. The molecule has 8 nitrogen and oxygen atoms in total. The van der Waals surface area contributed by atoms with E-state index in [0.717, 1.165) is 21.5 Å². The molecule has 0 bridgehead atoms. The third kappa shape index (κ3) is 5.71. The van der Waals surface area contributed by atoms with Crippen LogP contribution >= 0.6 is 21.6 Å². The van der Waals surface area contributed by atoms with Crippen molar-refractivity contribution in [2.24, 2.45) is 11.5 Å². The molecule has 0 aliphatic carbocycles. The summed E-state index contributed by atoms with van der Waals surface area (Å²) in [6.07, 6.45) is 1.29. The summed E-state index contributed by atoms with van der Waals surface area (Å²) in [6.45, 7) is 1.21. The first-order chi connectivity index (χ1) is 20.2. The first-order valence-electron chi connectivity index (χ1n) is 13.9. The van der Waals surface area contributed by atoms with Gasteiger partial charge < -0.3 is 11.5 Å². The average molecular weight is 643 g/mol. The van der Waals surface area contributed by atoms with Gasteiger partial charge in [0.2, 0.25) is 20.0 Å². The maximum absolute atomic E-state index is 13.7. The van der Waals surface area contributed by atoms with E-state index in [0.29, 0.717) is 25.9 Å². The van der Waals surface area contributed by atoms with Crippen LogP contribution in [0.15, 0.2) is 94.7 Å². The summed E-state index contributed by atoms with van der Waals surface area (Å²) in [6, 6.07) is 25.3. The molecule has 6 rings (SSSR count). The van der Waals surface area contributed by atoms with Crippen LogP contribution < -0.4 is 11.5 Å². The lowest BCUT2D eigenvalue weighted by Crippen LogP contribution is -2.40. The summed E-state index contributed by atoms with van der Waals surface area (Å²) >= 11 is 0. The van der Waals surface area contributed by atoms with Gasteiger partial charge in [-0.15, -0.1) is 0 Å². The number of sulfonamides is 2. The van der Waals surface area contributed by atoms with Crippen molar-refractivity contribution in [1.29, 1.82) is 0 Å². The van der Waals surface area contributed by atoms with Gasteiger partial charge in [0.15, 0.2) is 0 Å². The van der Waals surface area contributed by atoms with Gasteiger partial charge in [0, 0.05) is 48.8 Å². The minimum atomic E-state index is -3.72. The molecule has 12 heteroatoms. The predicted octanol–water partition coefficient (Wildman–Crippen LogP) is 4.26. The molecule has 0 radical (unpaired) electrons. The fourth-order valence-corrected chi connectivity index (χ4v) is 12.7. The van der Waals surface area contributed by atoms with Crippen LogP contribution in [0.25, 0.3) is 21.5 Å². The number of fused-ring (bicyclic) bond motifs is 2. The van der Waals surface area contributed by atoms with Crippen LogP contribution in [0.2, 0.25) is 0 Å². The lowest BCUT2D eigenvalue weighted by atomic mass is 10.1. The molecule has 4 aromatic rings. The third-order valence-corrected chi connectivity index (χ3v) is 15.3. The quantitative estimate of drug-likeness (QED) is 0.260. The lowest BCUT2D eigenvalue weighted by Gasteiger charge is -2.23. The van der Waals surface area contributed by atoms with Gasteiger partial charge in [-0.3, -0.25) is 0 Å². The van der Waals surface area contributed by atoms with Gasteiger partial charge >= 0.3 is 0 Å². The van der Waals surface area contributed by atoms with E-state index in [1.165, 1.54) is 0 Å². The fraction of sp³-hybridized carbons (Fsp3) is 0.333. The SMILES string of the molecule is NC[C@@H]1C[C@@H](SS[C@@H]2C[C@@H](CN)N(S(=O)(=O)c3ccc4ccccc4c3)C2)CN1S(=O)(=O)c1ccc2ccccc2c1. The summed E-state index contributed by atoms with van der Waals surface area (Å²) in [5, 5.41) is 3.82. The Morgan fingerprint density at radius 2 is 0.976 bits per heavy atom. The van der Waals surface area contributed by atoms with E-state index in [9.17, 15) is 16.8 Å². The molecule has 4 aromatic carbocycles. The third-order valence-electron chi connectivity index (χ3n) is 8.18. The summed E-state index contributed by atoms with van der Waals surface area (Å²) in [7, 11) is -4.18. The van der Waals surface area contributed by atoms with Gasteiger partial charge in [-0.2, -0.15) is 8.61 Å². The smallest absolute Gasteiger partial charge is 0.243 e. The molecule has 2 aliphatic rings. The van der Waals surface area contributed by atoms with E-state index in [2.05, 4.69) is 0 Å². The molecule has 4 atom stereocenters. The zero-order chi connectivity index (χ0) is 29.5. The topological polar surface area (TPSA) is 127 Å². The second-order valence-corrected chi connectivity index (χ2v) is 17.5. The Kier molecular flexibility index (Phi) is 8.60. The minimum Gasteiger partial charge on any atom is -0.329 e. The molecule has 2 aliphatic heterocycles. The molecule has 42 heavy (non-hydrogen) atoms. The van der Waals surface area contributed by atoms with E-state index in [1.54, 1.807) is 54.5 Å². The lowest BCUT2D eigenvalue weighted by molar-refractivity contribution is 0.392. The van der Waals surface area contributed by atoms with Crippen molar-refractivity contribution in [3.8, 4) is 0 Å². The maximum atomic E-state index is 13.7. The van der Waals surface area contributed by atoms with E-state index >= 15 is 0 Å². The number of hydrogen-bond donors (Lipinski definition) is 2. The first-order valence-corrected chi connectivity index (χ1v) is 19.1. The van der Waals surface area contributed by atoms with Gasteiger partial charge in [-0.25, -0.2) is 16.8 Å². The van der Waals surface area contributed by atoms with Crippen LogP contribution in [0, 0.1) is 0 Å². The molecular weight excluding hydrogens is 609 g/mol. The molecule has 0 aromatic heterocycles. The number of hydrogen-bond acceptors (Lipinski definition) is 8. The zero-order valence-corrected chi connectivity index (χ0v) is 26.2. The number of nitrogens with zero attached hydrogens (tertiary/aromatic N) is 2. The van der Waals surface area contributed by atoms with Gasteiger partial charge in [-0.1, -0.05) is 82.3 Å². The van der Waals surface area contributed by atoms with Crippen molar-refractivity contribution < 1.29 is 16.8 Å². The van der Waals surface area contributed by atoms with E-state index in [1.807, 2.05) is 60.7 Å². The summed E-state index contributed by atoms with van der Waals surface area (Å²) in [4.78, 5) is 0.545. The number of rotatable bonds is 9. The second kappa shape index (κ2) is 12.1. The molecule has 2 saturated heterocycles. The fourth-order valence-electron chi connectivity index (χ4n) is 5.93. The van der Waals surface area contributed by atoms with Gasteiger partial charge in [-0.05, 0) is 58.7 Å². The molecule has 0 amide bonds. The van der Waals surface area contributed by atoms with Crippen molar-refractivity contribution in [2.45, 2.75) is 45.2 Å². The molecule has 4 N–H and O–H groups in total. The predicted molar refractivity (Wildman–Crippen MR) is 173 cm³/mol. The maximum Gasteiger partial charge on any atom is 0.243 e. The van der Waals surface area contributed by atoms with Crippen LogP contribution in [0.4, 0.5) is 0 Å². The van der Waals surface area contributed by atoms with Crippen molar-refractivity contribution in [3.63, 3.8) is 0 Å². The molecule has 0 unspecified atom stereocenters. The van der Waals surface area contributed by atoms with Gasteiger partial charge in [0.25, 0.3) is 0 Å².